The molecule has 0 aliphatic carbocycles. The summed E-state index contributed by atoms with van der Waals surface area (Å²) < 4.78 is 5.50. The van der Waals surface area contributed by atoms with Crippen LogP contribution in [0.2, 0.25) is 0 Å². The van der Waals surface area contributed by atoms with Gasteiger partial charge in [-0.05, 0) is 12.8 Å². The molecule has 2 nitrogen and oxygen atoms in total. The van der Waals surface area contributed by atoms with Crippen molar-refractivity contribution in [3.8, 4) is 0 Å². The Kier molecular flexibility index (Phi) is 3.12. The van der Waals surface area contributed by atoms with Gasteiger partial charge in [-0.3, -0.25) is 0 Å². The van der Waals surface area contributed by atoms with Gasteiger partial charge in [-0.1, -0.05) is 20.8 Å². The summed E-state index contributed by atoms with van der Waals surface area (Å²) in [6.07, 6.45) is 2.41. The smallest absolute Gasteiger partial charge is 0.0982 e. The van der Waals surface area contributed by atoms with Crippen LogP contribution >= 0.6 is 11.3 Å². The van der Waals surface area contributed by atoms with E-state index in [4.69, 9.17) is 9.72 Å². The highest BCUT2D eigenvalue weighted by molar-refractivity contribution is 7.09. The molecule has 0 saturated carbocycles. The van der Waals surface area contributed by atoms with Crippen molar-refractivity contribution in [1.82, 2.24) is 4.98 Å². The molecule has 0 radical (unpaired) electrons. The average Bonchev–Trinajstić information content (AvgIpc) is 2.67. The Morgan fingerprint density at radius 1 is 1.47 bits per heavy atom. The summed E-state index contributed by atoms with van der Waals surface area (Å²) in [5.41, 5.74) is 1.39. The molecule has 0 spiro atoms. The molecule has 84 valence electrons. The van der Waals surface area contributed by atoms with E-state index in [1.54, 1.807) is 11.3 Å². The van der Waals surface area contributed by atoms with Gasteiger partial charge < -0.3 is 4.74 Å². The lowest BCUT2D eigenvalue weighted by atomic mass is 9.93. The van der Waals surface area contributed by atoms with Crippen LogP contribution in [0, 0.1) is 0 Å². The Balaban J connectivity index is 2.12. The molecule has 3 heteroatoms. The highest BCUT2D eigenvalue weighted by atomic mass is 32.1. The maximum atomic E-state index is 5.50. The first-order valence-electron chi connectivity index (χ1n) is 5.61. The fraction of sp³-hybridized carbons (Fsp3) is 0.750. The Morgan fingerprint density at radius 3 is 2.80 bits per heavy atom. The molecule has 1 unspecified atom stereocenters. The molecule has 1 aliphatic rings. The molecule has 2 rings (SSSR count). The lowest BCUT2D eigenvalue weighted by Crippen LogP contribution is -2.16. The van der Waals surface area contributed by atoms with E-state index in [9.17, 15) is 0 Å². The highest BCUT2D eigenvalue weighted by Crippen LogP contribution is 2.31. The lowest BCUT2D eigenvalue weighted by Gasteiger charge is -2.20. The Hall–Kier alpha value is -0.410. The van der Waals surface area contributed by atoms with E-state index < -0.39 is 0 Å². The number of thiazole rings is 1. The molecular weight excluding hydrogens is 206 g/mol. The minimum absolute atomic E-state index is 0.171. The van der Waals surface area contributed by atoms with Crippen molar-refractivity contribution in [3.63, 3.8) is 0 Å². The first kappa shape index (κ1) is 11.1. The van der Waals surface area contributed by atoms with Gasteiger partial charge in [0, 0.05) is 23.3 Å². The van der Waals surface area contributed by atoms with Crippen LogP contribution in [-0.2, 0) is 10.2 Å². The first-order valence-corrected chi connectivity index (χ1v) is 6.49. The standard InChI is InChI=1S/C12H19NOS/c1-12(2,3)10-8-15-11(13-10)9-5-4-6-14-7-9/h8-9H,4-7H2,1-3H3. The normalized spacial score (nSPS) is 23.0. The van der Waals surface area contributed by atoms with Crippen LogP contribution in [-0.4, -0.2) is 18.2 Å². The molecule has 1 fully saturated rings. The fourth-order valence-corrected chi connectivity index (χ4v) is 2.92. The van der Waals surface area contributed by atoms with Crippen molar-refractivity contribution in [2.75, 3.05) is 13.2 Å². The SMILES string of the molecule is CC(C)(C)c1csc(C2CCCOC2)n1. The predicted octanol–water partition coefficient (Wildman–Crippen LogP) is 3.33. The summed E-state index contributed by atoms with van der Waals surface area (Å²) in [6, 6.07) is 0. The van der Waals surface area contributed by atoms with Gasteiger partial charge in [-0.15, -0.1) is 11.3 Å². The monoisotopic (exact) mass is 225 g/mol. The van der Waals surface area contributed by atoms with Gasteiger partial charge in [0.2, 0.25) is 0 Å². The van der Waals surface area contributed by atoms with Gasteiger partial charge >= 0.3 is 0 Å². The van der Waals surface area contributed by atoms with E-state index in [1.807, 2.05) is 0 Å². The summed E-state index contributed by atoms with van der Waals surface area (Å²) in [5, 5.41) is 3.46. The first-order chi connectivity index (χ1) is 7.07. The Bertz CT molecular complexity index is 321. The van der Waals surface area contributed by atoms with Crippen molar-refractivity contribution in [2.24, 2.45) is 0 Å². The van der Waals surface area contributed by atoms with Crippen molar-refractivity contribution < 1.29 is 4.74 Å². The number of hydrogen-bond acceptors (Lipinski definition) is 3. The summed E-state index contributed by atoms with van der Waals surface area (Å²) >= 11 is 1.79. The topological polar surface area (TPSA) is 22.1 Å². The zero-order valence-electron chi connectivity index (χ0n) is 9.75. The third-order valence-electron chi connectivity index (χ3n) is 2.80. The van der Waals surface area contributed by atoms with Gasteiger partial charge in [-0.2, -0.15) is 0 Å². The van der Waals surface area contributed by atoms with Crippen LogP contribution < -0.4 is 0 Å². The summed E-state index contributed by atoms with van der Waals surface area (Å²) in [4.78, 5) is 4.74. The third-order valence-corrected chi connectivity index (χ3v) is 3.81. The number of aromatic nitrogens is 1. The van der Waals surface area contributed by atoms with Crippen molar-refractivity contribution in [3.05, 3.63) is 16.1 Å². The van der Waals surface area contributed by atoms with Crippen molar-refractivity contribution >= 4 is 11.3 Å². The third kappa shape index (κ3) is 2.58. The highest BCUT2D eigenvalue weighted by Gasteiger charge is 2.22. The van der Waals surface area contributed by atoms with Crippen molar-refractivity contribution in [2.45, 2.75) is 44.9 Å². The zero-order chi connectivity index (χ0) is 10.9. The molecule has 1 aliphatic heterocycles. The van der Waals surface area contributed by atoms with Crippen LogP contribution in [0.3, 0.4) is 0 Å². The van der Waals surface area contributed by atoms with Gasteiger partial charge in [0.25, 0.3) is 0 Å². The van der Waals surface area contributed by atoms with E-state index in [0.29, 0.717) is 5.92 Å². The van der Waals surface area contributed by atoms with Gasteiger partial charge in [0.1, 0.15) is 0 Å². The number of rotatable bonds is 1. The summed E-state index contributed by atoms with van der Waals surface area (Å²) in [5.74, 6) is 0.542. The zero-order valence-corrected chi connectivity index (χ0v) is 10.6. The minimum Gasteiger partial charge on any atom is -0.381 e. The fourth-order valence-electron chi connectivity index (χ4n) is 1.76. The number of hydrogen-bond donors (Lipinski definition) is 0. The summed E-state index contributed by atoms with van der Waals surface area (Å²) in [6.45, 7) is 8.42. The molecular formula is C12H19NOS. The second kappa shape index (κ2) is 4.22. The van der Waals surface area contributed by atoms with Crippen LogP contribution in [0.15, 0.2) is 5.38 Å². The van der Waals surface area contributed by atoms with Crippen molar-refractivity contribution in [1.29, 1.82) is 0 Å². The molecule has 15 heavy (non-hydrogen) atoms. The van der Waals surface area contributed by atoms with Gasteiger partial charge in [-0.25, -0.2) is 4.98 Å². The quantitative estimate of drug-likeness (QED) is 0.731. The molecule has 0 N–H and O–H groups in total. The molecule has 0 amide bonds. The summed E-state index contributed by atoms with van der Waals surface area (Å²) in [7, 11) is 0. The largest absolute Gasteiger partial charge is 0.381 e. The maximum absolute atomic E-state index is 5.50. The molecule has 0 aromatic carbocycles. The second-order valence-corrected chi connectivity index (χ2v) is 6.12. The van der Waals surface area contributed by atoms with E-state index in [-0.39, 0.29) is 5.41 Å². The predicted molar refractivity (Wildman–Crippen MR) is 63.6 cm³/mol. The Labute approximate surface area is 95.7 Å². The van der Waals surface area contributed by atoms with Crippen LogP contribution in [0.1, 0.15) is 50.2 Å². The molecule has 1 atom stereocenters. The van der Waals surface area contributed by atoms with Crippen LogP contribution in [0.5, 0.6) is 0 Å². The number of ether oxygens (including phenoxy) is 1. The minimum atomic E-state index is 0.171. The van der Waals surface area contributed by atoms with Crippen LogP contribution in [0.25, 0.3) is 0 Å². The second-order valence-electron chi connectivity index (χ2n) is 5.24. The molecule has 1 saturated heterocycles. The van der Waals surface area contributed by atoms with E-state index in [0.717, 1.165) is 13.2 Å². The number of nitrogens with zero attached hydrogens (tertiary/aromatic N) is 1. The average molecular weight is 225 g/mol. The van der Waals surface area contributed by atoms with E-state index in [2.05, 4.69) is 26.2 Å². The molecule has 2 heterocycles. The lowest BCUT2D eigenvalue weighted by molar-refractivity contribution is 0.0803. The van der Waals surface area contributed by atoms with Gasteiger partial charge in [0.15, 0.2) is 0 Å². The maximum Gasteiger partial charge on any atom is 0.0982 e. The molecule has 0 bridgehead atoms. The molecule has 1 aromatic heterocycles. The van der Waals surface area contributed by atoms with Crippen LogP contribution in [0.4, 0.5) is 0 Å². The van der Waals surface area contributed by atoms with E-state index >= 15 is 0 Å². The van der Waals surface area contributed by atoms with Gasteiger partial charge in [0.05, 0.1) is 17.3 Å². The van der Waals surface area contributed by atoms with E-state index in [1.165, 1.54) is 23.5 Å². The molecule has 1 aromatic rings. The Morgan fingerprint density at radius 2 is 2.27 bits per heavy atom.